The highest BCUT2D eigenvalue weighted by molar-refractivity contribution is 8.00. The van der Waals surface area contributed by atoms with Crippen LogP contribution in [0.15, 0.2) is 52.4 Å². The number of aryl methyl sites for hydroxylation is 2. The van der Waals surface area contributed by atoms with E-state index in [1.165, 1.54) is 11.8 Å². The number of thioether (sulfide) groups is 1. The lowest BCUT2D eigenvalue weighted by molar-refractivity contribution is -0.113. The smallest absolute Gasteiger partial charge is 0.240 e. The molecule has 0 radical (unpaired) electrons. The fourth-order valence-electron chi connectivity index (χ4n) is 3.29. The van der Waals surface area contributed by atoms with Crippen LogP contribution >= 0.6 is 11.8 Å². The second kappa shape index (κ2) is 9.38. The van der Waals surface area contributed by atoms with Crippen LogP contribution in [0.3, 0.4) is 0 Å². The maximum Gasteiger partial charge on any atom is 0.240 e. The van der Waals surface area contributed by atoms with Crippen molar-refractivity contribution in [2.75, 3.05) is 28.2 Å². The summed E-state index contributed by atoms with van der Waals surface area (Å²) in [5.41, 5.74) is 3.57. The van der Waals surface area contributed by atoms with Crippen molar-refractivity contribution in [3.8, 4) is 0 Å². The van der Waals surface area contributed by atoms with Crippen molar-refractivity contribution in [1.82, 2.24) is 14.7 Å². The zero-order valence-corrected chi connectivity index (χ0v) is 20.0. The van der Waals surface area contributed by atoms with Gasteiger partial charge in [0.1, 0.15) is 5.82 Å². The van der Waals surface area contributed by atoms with E-state index in [1.807, 2.05) is 25.1 Å². The van der Waals surface area contributed by atoms with Gasteiger partial charge in [-0.2, -0.15) is 4.98 Å². The zero-order valence-electron chi connectivity index (χ0n) is 18.4. The van der Waals surface area contributed by atoms with Gasteiger partial charge in [-0.15, -0.1) is 11.8 Å². The molecule has 33 heavy (non-hydrogen) atoms. The Bertz CT molecular complexity index is 1330. The predicted octanol–water partition coefficient (Wildman–Crippen LogP) is 3.92. The van der Waals surface area contributed by atoms with E-state index in [1.54, 1.807) is 38.2 Å². The molecule has 0 atom stereocenters. The van der Waals surface area contributed by atoms with Crippen molar-refractivity contribution in [1.29, 1.82) is 0 Å². The van der Waals surface area contributed by atoms with Gasteiger partial charge in [-0.05, 0) is 49.7 Å². The number of hydrogen-bond acceptors (Lipinski definition) is 8. The molecule has 11 heteroatoms. The summed E-state index contributed by atoms with van der Waals surface area (Å²) in [5.74, 6) is 1.30. The summed E-state index contributed by atoms with van der Waals surface area (Å²) in [4.78, 5) is 21.8. The summed E-state index contributed by atoms with van der Waals surface area (Å²) < 4.78 is 27.5. The average Bonchev–Trinajstić information content (AvgIpc) is 2.77. The molecule has 4 N–H and O–H groups in total. The van der Waals surface area contributed by atoms with E-state index in [2.05, 4.69) is 30.6 Å². The lowest BCUT2D eigenvalue weighted by Crippen LogP contribution is -2.24. The number of anilines is 5. The van der Waals surface area contributed by atoms with Gasteiger partial charge in [-0.25, -0.2) is 18.1 Å². The number of nitrogens with zero attached hydrogens (tertiary/aromatic N) is 2. The number of sulfonamides is 1. The summed E-state index contributed by atoms with van der Waals surface area (Å²) in [6.07, 6.45) is 1.68. The van der Waals surface area contributed by atoms with Gasteiger partial charge in [-0.1, -0.05) is 13.0 Å². The van der Waals surface area contributed by atoms with E-state index in [0.717, 1.165) is 21.8 Å². The Morgan fingerprint density at radius 1 is 1.06 bits per heavy atom. The number of benzene rings is 2. The lowest BCUT2D eigenvalue weighted by atomic mass is 10.2. The molecule has 9 nitrogen and oxygen atoms in total. The molecule has 172 valence electrons. The summed E-state index contributed by atoms with van der Waals surface area (Å²) >= 11 is 1.50. The molecule has 2 aromatic carbocycles. The van der Waals surface area contributed by atoms with Gasteiger partial charge in [-0.3, -0.25) is 4.79 Å². The van der Waals surface area contributed by atoms with Gasteiger partial charge in [0.05, 0.1) is 16.3 Å². The number of fused-ring (bicyclic) bond motifs is 1. The Morgan fingerprint density at radius 2 is 1.82 bits per heavy atom. The first-order valence-electron chi connectivity index (χ1n) is 10.3. The SMILES string of the molecule is CCNS(=O)(=O)c1cc(Nc2ncc(C)c(Nc3ccc4c(c3)NC(=O)CS4)n2)ccc1C. The molecule has 0 aliphatic carbocycles. The number of rotatable bonds is 7. The normalized spacial score (nSPS) is 13.2. The topological polar surface area (TPSA) is 125 Å². The summed E-state index contributed by atoms with van der Waals surface area (Å²) in [6, 6.07) is 10.8. The van der Waals surface area contributed by atoms with Gasteiger partial charge in [0.25, 0.3) is 0 Å². The molecule has 3 aromatic rings. The quantitative estimate of drug-likeness (QED) is 0.398. The number of aromatic nitrogens is 2. The van der Waals surface area contributed by atoms with Crippen molar-refractivity contribution < 1.29 is 13.2 Å². The van der Waals surface area contributed by atoms with E-state index in [4.69, 9.17) is 0 Å². The molecule has 1 aliphatic heterocycles. The Morgan fingerprint density at radius 3 is 2.61 bits per heavy atom. The molecule has 4 rings (SSSR count). The van der Waals surface area contributed by atoms with Gasteiger partial charge in [0.2, 0.25) is 21.9 Å². The van der Waals surface area contributed by atoms with E-state index < -0.39 is 10.0 Å². The molecule has 1 aromatic heterocycles. The molecule has 0 unspecified atom stereocenters. The molecule has 0 saturated heterocycles. The van der Waals surface area contributed by atoms with Gasteiger partial charge < -0.3 is 16.0 Å². The highest BCUT2D eigenvalue weighted by Crippen LogP contribution is 2.34. The van der Waals surface area contributed by atoms with Crippen LogP contribution in [0.1, 0.15) is 18.1 Å². The van der Waals surface area contributed by atoms with Crippen molar-refractivity contribution in [3.05, 3.63) is 53.7 Å². The summed E-state index contributed by atoms with van der Waals surface area (Å²) in [5, 5.41) is 9.22. The second-order valence-corrected chi connectivity index (χ2v) is 10.3. The second-order valence-electron chi connectivity index (χ2n) is 7.50. The van der Waals surface area contributed by atoms with Crippen LogP contribution in [0.4, 0.5) is 28.8 Å². The fraction of sp³-hybridized carbons (Fsp3) is 0.227. The van der Waals surface area contributed by atoms with Crippen LogP contribution in [0.5, 0.6) is 0 Å². The highest BCUT2D eigenvalue weighted by Gasteiger charge is 2.18. The van der Waals surface area contributed by atoms with Crippen LogP contribution in [0, 0.1) is 13.8 Å². The fourth-order valence-corrected chi connectivity index (χ4v) is 5.39. The monoisotopic (exact) mass is 484 g/mol. The minimum absolute atomic E-state index is 0.0250. The third-order valence-corrected chi connectivity index (χ3v) is 7.68. The Hall–Kier alpha value is -3.15. The van der Waals surface area contributed by atoms with Gasteiger partial charge in [0.15, 0.2) is 0 Å². The lowest BCUT2D eigenvalue weighted by Gasteiger charge is -2.18. The minimum atomic E-state index is -3.60. The average molecular weight is 485 g/mol. The first-order chi connectivity index (χ1) is 15.7. The molecule has 2 heterocycles. The number of carbonyl (C=O) groups excluding carboxylic acids is 1. The molecular formula is C22H24N6O3S2. The van der Waals surface area contributed by atoms with E-state index >= 15 is 0 Å². The van der Waals surface area contributed by atoms with Crippen molar-refractivity contribution in [2.45, 2.75) is 30.6 Å². The Kier molecular flexibility index (Phi) is 6.54. The number of amides is 1. The summed E-state index contributed by atoms with van der Waals surface area (Å²) in [7, 11) is -3.60. The van der Waals surface area contributed by atoms with Crippen molar-refractivity contribution in [2.24, 2.45) is 0 Å². The first-order valence-corrected chi connectivity index (χ1v) is 12.8. The zero-order chi connectivity index (χ0) is 23.6. The molecule has 0 fully saturated rings. The van der Waals surface area contributed by atoms with Crippen LogP contribution < -0.4 is 20.7 Å². The van der Waals surface area contributed by atoms with Crippen LogP contribution in [-0.4, -0.2) is 36.6 Å². The van der Waals surface area contributed by atoms with E-state index in [0.29, 0.717) is 35.3 Å². The molecule has 1 amide bonds. The standard InChI is InChI=1S/C22H24N6O3S2/c1-4-24-33(30,31)19-10-16(6-5-13(19)2)26-22-23-11-14(3)21(28-22)25-15-7-8-18-17(9-15)27-20(29)12-32-18/h5-11,24H,4,12H2,1-3H3,(H,27,29)(H2,23,25,26,28). The molecule has 0 saturated carbocycles. The molecular weight excluding hydrogens is 460 g/mol. The van der Waals surface area contributed by atoms with Crippen LogP contribution in [-0.2, 0) is 14.8 Å². The van der Waals surface area contributed by atoms with Crippen molar-refractivity contribution >= 4 is 56.5 Å². The third-order valence-electron chi connectivity index (χ3n) is 4.92. The Balaban J connectivity index is 1.57. The highest BCUT2D eigenvalue weighted by atomic mass is 32.2. The molecule has 1 aliphatic rings. The van der Waals surface area contributed by atoms with E-state index in [-0.39, 0.29) is 10.8 Å². The summed E-state index contributed by atoms with van der Waals surface area (Å²) in [6.45, 7) is 5.67. The predicted molar refractivity (Wildman–Crippen MR) is 131 cm³/mol. The first kappa shape index (κ1) is 23.0. The van der Waals surface area contributed by atoms with Crippen molar-refractivity contribution in [3.63, 3.8) is 0 Å². The molecule has 0 spiro atoms. The number of hydrogen-bond donors (Lipinski definition) is 4. The number of carbonyl (C=O) groups is 1. The Labute approximate surface area is 196 Å². The third kappa shape index (κ3) is 5.27. The maximum absolute atomic E-state index is 12.5. The largest absolute Gasteiger partial charge is 0.340 e. The maximum atomic E-state index is 12.5. The van der Waals surface area contributed by atoms with Gasteiger partial charge in [0, 0.05) is 34.6 Å². The van der Waals surface area contributed by atoms with Crippen LogP contribution in [0.2, 0.25) is 0 Å². The van der Waals surface area contributed by atoms with Gasteiger partial charge >= 0.3 is 0 Å². The molecule has 0 bridgehead atoms. The van der Waals surface area contributed by atoms with Crippen LogP contribution in [0.25, 0.3) is 0 Å². The minimum Gasteiger partial charge on any atom is -0.340 e. The number of nitrogens with one attached hydrogen (secondary N) is 4. The van der Waals surface area contributed by atoms with E-state index in [9.17, 15) is 13.2 Å².